The molecule has 0 aliphatic carbocycles. The molecule has 0 radical (unpaired) electrons. The molecule has 0 aliphatic heterocycles. The van der Waals surface area contributed by atoms with E-state index in [0.29, 0.717) is 23.2 Å². The van der Waals surface area contributed by atoms with Crippen molar-refractivity contribution in [1.82, 2.24) is 15.1 Å². The van der Waals surface area contributed by atoms with Gasteiger partial charge in [-0.1, -0.05) is 50.2 Å². The Morgan fingerprint density at radius 1 is 1.11 bits per heavy atom. The summed E-state index contributed by atoms with van der Waals surface area (Å²) in [7, 11) is 0. The quantitative estimate of drug-likeness (QED) is 0.600. The molecule has 1 aromatic heterocycles. The zero-order valence-corrected chi connectivity index (χ0v) is 15.6. The van der Waals surface area contributed by atoms with E-state index in [-0.39, 0.29) is 30.7 Å². The normalized spacial score (nSPS) is 12.4. The fourth-order valence-electron chi connectivity index (χ4n) is 3.17. The maximum Gasteiger partial charge on any atom is 0.274 e. The molecule has 1 heterocycles. The lowest BCUT2D eigenvalue weighted by Crippen LogP contribution is -2.34. The number of aliphatic hydroxyl groups is 1. The van der Waals surface area contributed by atoms with Gasteiger partial charge in [0.2, 0.25) is 5.91 Å². The zero-order chi connectivity index (χ0) is 19.4. The fourth-order valence-corrected chi connectivity index (χ4v) is 3.17. The van der Waals surface area contributed by atoms with Gasteiger partial charge in [0.05, 0.1) is 16.9 Å². The second-order valence-electron chi connectivity index (χ2n) is 7.00. The first-order valence-corrected chi connectivity index (χ1v) is 9.17. The van der Waals surface area contributed by atoms with Crippen LogP contribution in [0.15, 0.2) is 53.3 Å². The summed E-state index contributed by atoms with van der Waals surface area (Å²) >= 11 is 0. The Balaban J connectivity index is 1.74. The third-order valence-electron chi connectivity index (χ3n) is 4.72. The topological polar surface area (TPSA) is 87.1 Å². The number of para-hydroxylation sites is 1. The maximum absolute atomic E-state index is 12.5. The van der Waals surface area contributed by atoms with Crippen molar-refractivity contribution < 1.29 is 9.90 Å². The first-order valence-electron chi connectivity index (χ1n) is 9.17. The van der Waals surface area contributed by atoms with Crippen LogP contribution >= 0.6 is 0 Å². The highest BCUT2D eigenvalue weighted by Gasteiger charge is 2.16. The van der Waals surface area contributed by atoms with E-state index in [4.69, 9.17) is 0 Å². The van der Waals surface area contributed by atoms with Gasteiger partial charge in [0.1, 0.15) is 6.54 Å². The van der Waals surface area contributed by atoms with Crippen molar-refractivity contribution in [3.63, 3.8) is 0 Å². The number of carbonyl (C=O) groups is 1. The molecular formula is C21H25N3O3. The summed E-state index contributed by atoms with van der Waals surface area (Å²) < 4.78 is 1.30. The van der Waals surface area contributed by atoms with Crippen molar-refractivity contribution in [3.8, 4) is 0 Å². The smallest absolute Gasteiger partial charge is 0.274 e. The third-order valence-corrected chi connectivity index (χ3v) is 4.72. The highest BCUT2D eigenvalue weighted by Crippen LogP contribution is 2.21. The summed E-state index contributed by atoms with van der Waals surface area (Å²) in [6.07, 6.45) is 0.411. The summed E-state index contributed by atoms with van der Waals surface area (Å²) in [5.41, 5.74) is 2.63. The summed E-state index contributed by atoms with van der Waals surface area (Å²) in [6.45, 7) is 4.11. The third kappa shape index (κ3) is 4.28. The standard InChI is InChI=1S/C21H25N3O3/c1-14(2)15-7-9-16(10-8-15)18(11-12-25)22-20(26)13-24-21(27)17-5-3-4-6-19(17)23-24/h3-10,14,18,23,25H,11-13H2,1-2H3,(H,22,26)/t18-/m1/s1. The number of rotatable bonds is 7. The average Bonchev–Trinajstić information content (AvgIpc) is 2.97. The lowest BCUT2D eigenvalue weighted by Gasteiger charge is -2.19. The molecule has 0 unspecified atom stereocenters. The molecule has 6 nitrogen and oxygen atoms in total. The Bertz CT molecular complexity index is 970. The van der Waals surface area contributed by atoms with E-state index in [1.54, 1.807) is 18.2 Å². The van der Waals surface area contributed by atoms with Crippen LogP contribution in [0.4, 0.5) is 0 Å². The Hall–Kier alpha value is -2.86. The molecule has 1 atom stereocenters. The van der Waals surface area contributed by atoms with Crippen LogP contribution in [-0.4, -0.2) is 27.4 Å². The largest absolute Gasteiger partial charge is 0.396 e. The van der Waals surface area contributed by atoms with Gasteiger partial charge in [-0.2, -0.15) is 0 Å². The number of aliphatic hydroxyl groups excluding tert-OH is 1. The van der Waals surface area contributed by atoms with E-state index in [0.717, 1.165) is 5.56 Å². The minimum absolute atomic E-state index is 0.0385. The monoisotopic (exact) mass is 367 g/mol. The number of amides is 1. The average molecular weight is 367 g/mol. The molecule has 142 valence electrons. The number of nitrogens with one attached hydrogen (secondary N) is 2. The number of benzene rings is 2. The van der Waals surface area contributed by atoms with Crippen molar-refractivity contribution in [2.45, 2.75) is 38.8 Å². The van der Waals surface area contributed by atoms with Crippen LogP contribution in [-0.2, 0) is 11.3 Å². The molecule has 3 aromatic rings. The van der Waals surface area contributed by atoms with Gasteiger partial charge in [-0.05, 0) is 35.6 Å². The predicted molar refractivity (Wildman–Crippen MR) is 106 cm³/mol. The zero-order valence-electron chi connectivity index (χ0n) is 15.6. The highest BCUT2D eigenvalue weighted by molar-refractivity contribution is 5.79. The lowest BCUT2D eigenvalue weighted by molar-refractivity contribution is -0.122. The molecule has 0 spiro atoms. The van der Waals surface area contributed by atoms with Gasteiger partial charge in [0.15, 0.2) is 0 Å². The number of hydrogen-bond acceptors (Lipinski definition) is 3. The van der Waals surface area contributed by atoms with Crippen LogP contribution in [0.3, 0.4) is 0 Å². The summed E-state index contributed by atoms with van der Waals surface area (Å²) in [6, 6.07) is 14.9. The molecule has 1 amide bonds. The van der Waals surface area contributed by atoms with E-state index >= 15 is 0 Å². The van der Waals surface area contributed by atoms with E-state index in [9.17, 15) is 14.7 Å². The van der Waals surface area contributed by atoms with Gasteiger partial charge in [0, 0.05) is 6.61 Å². The molecule has 0 saturated carbocycles. The second-order valence-corrected chi connectivity index (χ2v) is 7.00. The van der Waals surface area contributed by atoms with Crippen molar-refractivity contribution in [2.75, 3.05) is 6.61 Å². The summed E-state index contributed by atoms with van der Waals surface area (Å²) in [5.74, 6) is 0.147. The number of nitrogens with zero attached hydrogens (tertiary/aromatic N) is 1. The van der Waals surface area contributed by atoms with E-state index < -0.39 is 0 Å². The highest BCUT2D eigenvalue weighted by atomic mass is 16.3. The first-order chi connectivity index (χ1) is 13.0. The van der Waals surface area contributed by atoms with Gasteiger partial charge >= 0.3 is 0 Å². The molecule has 6 heteroatoms. The first kappa shape index (κ1) is 18.9. The van der Waals surface area contributed by atoms with Crippen molar-refractivity contribution in [3.05, 3.63) is 70.0 Å². The van der Waals surface area contributed by atoms with Crippen molar-refractivity contribution >= 4 is 16.8 Å². The Kier molecular flexibility index (Phi) is 5.76. The SMILES string of the molecule is CC(C)c1ccc([C@@H](CCO)NC(=O)Cn2[nH]c3ccccc3c2=O)cc1. The van der Waals surface area contributed by atoms with Gasteiger partial charge in [-0.3, -0.25) is 14.7 Å². The Labute approximate surface area is 157 Å². The molecule has 0 fully saturated rings. The minimum Gasteiger partial charge on any atom is -0.396 e. The molecule has 3 N–H and O–H groups in total. The molecule has 0 saturated heterocycles. The van der Waals surface area contributed by atoms with Gasteiger partial charge in [0.25, 0.3) is 5.56 Å². The number of carbonyl (C=O) groups excluding carboxylic acids is 1. The van der Waals surface area contributed by atoms with Crippen LogP contribution in [0.1, 0.15) is 43.4 Å². The minimum atomic E-state index is -0.302. The van der Waals surface area contributed by atoms with Crippen LogP contribution in [0.2, 0.25) is 0 Å². The van der Waals surface area contributed by atoms with E-state index in [1.807, 2.05) is 30.3 Å². The number of fused-ring (bicyclic) bond motifs is 1. The summed E-state index contributed by atoms with van der Waals surface area (Å²) in [4.78, 5) is 24.9. The van der Waals surface area contributed by atoms with Crippen LogP contribution < -0.4 is 10.9 Å². The molecule has 2 aromatic carbocycles. The van der Waals surface area contributed by atoms with Gasteiger partial charge in [-0.15, -0.1) is 0 Å². The second kappa shape index (κ2) is 8.22. The van der Waals surface area contributed by atoms with Crippen LogP contribution in [0.25, 0.3) is 10.9 Å². The number of hydrogen-bond donors (Lipinski definition) is 3. The molecule has 0 aliphatic rings. The van der Waals surface area contributed by atoms with Gasteiger partial charge in [-0.25, -0.2) is 4.68 Å². The predicted octanol–water partition coefficient (Wildman–Crippen LogP) is 2.69. The number of H-pyrrole nitrogens is 1. The number of aromatic amines is 1. The molecular weight excluding hydrogens is 342 g/mol. The van der Waals surface area contributed by atoms with Crippen LogP contribution in [0.5, 0.6) is 0 Å². The molecule has 3 rings (SSSR count). The Morgan fingerprint density at radius 2 is 1.78 bits per heavy atom. The molecule has 27 heavy (non-hydrogen) atoms. The number of aromatic nitrogens is 2. The maximum atomic E-state index is 12.5. The Morgan fingerprint density at radius 3 is 2.41 bits per heavy atom. The van der Waals surface area contributed by atoms with Crippen molar-refractivity contribution in [1.29, 1.82) is 0 Å². The van der Waals surface area contributed by atoms with Gasteiger partial charge < -0.3 is 10.4 Å². The van der Waals surface area contributed by atoms with Crippen LogP contribution in [0, 0.1) is 0 Å². The lowest BCUT2D eigenvalue weighted by atomic mass is 9.98. The van der Waals surface area contributed by atoms with E-state index in [2.05, 4.69) is 24.3 Å². The van der Waals surface area contributed by atoms with Crippen molar-refractivity contribution in [2.24, 2.45) is 0 Å². The fraction of sp³-hybridized carbons (Fsp3) is 0.333. The summed E-state index contributed by atoms with van der Waals surface area (Å²) in [5, 5.41) is 15.8. The van der Waals surface area contributed by atoms with E-state index in [1.165, 1.54) is 10.2 Å². The molecule has 0 bridgehead atoms.